The highest BCUT2D eigenvalue weighted by molar-refractivity contribution is 5.51. The van der Waals surface area contributed by atoms with E-state index in [0.717, 1.165) is 0 Å². The standard InChI is InChI=1S/C19H24O7/c1-22-13-9-8-12(10-16(13)25-4)18(21)17(11-20)26-19-14(23-2)6-5-7-15(19)24-3/h5-10,17-18,20-21H,11H2,1-4H3/t17-,18+/m0/s1. The van der Waals surface area contributed by atoms with Crippen molar-refractivity contribution in [3.05, 3.63) is 42.0 Å². The molecule has 0 unspecified atom stereocenters. The van der Waals surface area contributed by atoms with Crippen molar-refractivity contribution in [3.8, 4) is 28.7 Å². The van der Waals surface area contributed by atoms with Gasteiger partial charge >= 0.3 is 0 Å². The van der Waals surface area contributed by atoms with Gasteiger partial charge in [-0.25, -0.2) is 0 Å². The molecule has 7 heteroatoms. The van der Waals surface area contributed by atoms with E-state index in [9.17, 15) is 10.2 Å². The molecule has 0 aliphatic rings. The first-order chi connectivity index (χ1) is 12.6. The Kier molecular flexibility index (Phi) is 6.94. The first-order valence-corrected chi connectivity index (χ1v) is 7.98. The summed E-state index contributed by atoms with van der Waals surface area (Å²) in [5.74, 6) is 2.17. The summed E-state index contributed by atoms with van der Waals surface area (Å²) >= 11 is 0. The first kappa shape index (κ1) is 19.7. The third-order valence-corrected chi connectivity index (χ3v) is 3.93. The van der Waals surface area contributed by atoms with Gasteiger partial charge in [-0.3, -0.25) is 0 Å². The van der Waals surface area contributed by atoms with Crippen LogP contribution in [0.25, 0.3) is 0 Å². The Balaban J connectivity index is 2.32. The molecule has 2 aromatic carbocycles. The topological polar surface area (TPSA) is 86.6 Å². The predicted molar refractivity (Wildman–Crippen MR) is 95.6 cm³/mol. The molecule has 7 nitrogen and oxygen atoms in total. The molecule has 2 rings (SSSR count). The van der Waals surface area contributed by atoms with E-state index in [1.807, 2.05) is 0 Å². The van der Waals surface area contributed by atoms with Crippen LogP contribution in [0.5, 0.6) is 28.7 Å². The minimum atomic E-state index is -1.12. The van der Waals surface area contributed by atoms with E-state index in [1.54, 1.807) is 36.4 Å². The van der Waals surface area contributed by atoms with Crippen LogP contribution in [0.1, 0.15) is 11.7 Å². The van der Waals surface area contributed by atoms with Gasteiger partial charge in [-0.15, -0.1) is 0 Å². The molecule has 2 aromatic rings. The fourth-order valence-corrected chi connectivity index (χ4v) is 2.54. The molecule has 0 aromatic heterocycles. The minimum absolute atomic E-state index is 0.302. The number of rotatable bonds is 9. The quantitative estimate of drug-likeness (QED) is 0.705. The average Bonchev–Trinajstić information content (AvgIpc) is 2.70. The van der Waals surface area contributed by atoms with Crippen molar-refractivity contribution in [2.24, 2.45) is 0 Å². The van der Waals surface area contributed by atoms with Crippen LogP contribution in [0.15, 0.2) is 36.4 Å². The highest BCUT2D eigenvalue weighted by Gasteiger charge is 2.26. The Morgan fingerprint density at radius 2 is 1.38 bits per heavy atom. The highest BCUT2D eigenvalue weighted by atomic mass is 16.6. The Morgan fingerprint density at radius 3 is 1.88 bits per heavy atom. The first-order valence-electron chi connectivity index (χ1n) is 7.98. The minimum Gasteiger partial charge on any atom is -0.493 e. The van der Waals surface area contributed by atoms with Crippen LogP contribution in [0.4, 0.5) is 0 Å². The lowest BCUT2D eigenvalue weighted by Crippen LogP contribution is -2.29. The normalized spacial score (nSPS) is 12.8. The molecule has 142 valence electrons. The largest absolute Gasteiger partial charge is 0.493 e. The fourth-order valence-electron chi connectivity index (χ4n) is 2.54. The van der Waals surface area contributed by atoms with Crippen LogP contribution >= 0.6 is 0 Å². The number of hydrogen-bond acceptors (Lipinski definition) is 7. The summed E-state index contributed by atoms with van der Waals surface area (Å²) in [7, 11) is 6.04. The summed E-state index contributed by atoms with van der Waals surface area (Å²) in [4.78, 5) is 0. The van der Waals surface area contributed by atoms with Crippen molar-refractivity contribution in [2.75, 3.05) is 35.0 Å². The molecular formula is C19H24O7. The van der Waals surface area contributed by atoms with E-state index >= 15 is 0 Å². The van der Waals surface area contributed by atoms with Gasteiger partial charge in [0.15, 0.2) is 29.1 Å². The molecule has 0 aliphatic heterocycles. The summed E-state index contributed by atoms with van der Waals surface area (Å²) in [5, 5.41) is 20.4. The zero-order valence-electron chi connectivity index (χ0n) is 15.3. The maximum Gasteiger partial charge on any atom is 0.203 e. The Morgan fingerprint density at radius 1 is 0.808 bits per heavy atom. The predicted octanol–water partition coefficient (Wildman–Crippen LogP) is 2.19. The third-order valence-electron chi connectivity index (χ3n) is 3.93. The Bertz CT molecular complexity index is 695. The summed E-state index contributed by atoms with van der Waals surface area (Å²) in [6, 6.07) is 10.1. The van der Waals surface area contributed by atoms with Crippen LogP contribution in [-0.4, -0.2) is 51.4 Å². The van der Waals surface area contributed by atoms with Gasteiger partial charge in [0, 0.05) is 0 Å². The molecule has 2 atom stereocenters. The molecule has 0 radical (unpaired) electrons. The maximum absolute atomic E-state index is 10.7. The van der Waals surface area contributed by atoms with E-state index in [-0.39, 0.29) is 0 Å². The van der Waals surface area contributed by atoms with E-state index in [2.05, 4.69) is 0 Å². The van der Waals surface area contributed by atoms with Crippen LogP contribution in [0.2, 0.25) is 0 Å². The van der Waals surface area contributed by atoms with Crippen molar-refractivity contribution in [2.45, 2.75) is 12.2 Å². The van der Waals surface area contributed by atoms with Crippen LogP contribution in [-0.2, 0) is 0 Å². The van der Waals surface area contributed by atoms with E-state index < -0.39 is 18.8 Å². The van der Waals surface area contributed by atoms with E-state index in [1.165, 1.54) is 28.4 Å². The van der Waals surface area contributed by atoms with Gasteiger partial charge in [-0.2, -0.15) is 0 Å². The van der Waals surface area contributed by atoms with Crippen molar-refractivity contribution in [3.63, 3.8) is 0 Å². The number of hydrogen-bond donors (Lipinski definition) is 2. The van der Waals surface area contributed by atoms with Crippen molar-refractivity contribution in [1.82, 2.24) is 0 Å². The monoisotopic (exact) mass is 364 g/mol. The number of aliphatic hydroxyl groups is 2. The molecule has 0 saturated heterocycles. The molecule has 0 heterocycles. The molecule has 26 heavy (non-hydrogen) atoms. The van der Waals surface area contributed by atoms with Gasteiger partial charge < -0.3 is 33.9 Å². The zero-order chi connectivity index (χ0) is 19.1. The van der Waals surface area contributed by atoms with E-state index in [0.29, 0.717) is 34.3 Å². The van der Waals surface area contributed by atoms with Crippen molar-refractivity contribution < 1.29 is 33.9 Å². The van der Waals surface area contributed by atoms with Gasteiger partial charge in [-0.1, -0.05) is 12.1 Å². The highest BCUT2D eigenvalue weighted by Crippen LogP contribution is 2.39. The third kappa shape index (κ3) is 4.12. The summed E-state index contributed by atoms with van der Waals surface area (Å²) in [5.41, 5.74) is 0.510. The van der Waals surface area contributed by atoms with Gasteiger partial charge in [-0.05, 0) is 29.8 Å². The molecule has 0 saturated carbocycles. The van der Waals surface area contributed by atoms with Gasteiger partial charge in [0.25, 0.3) is 0 Å². The molecule has 0 amide bonds. The van der Waals surface area contributed by atoms with Crippen molar-refractivity contribution in [1.29, 1.82) is 0 Å². The summed E-state index contributed by atoms with van der Waals surface area (Å²) in [6.45, 7) is -0.420. The molecule has 0 spiro atoms. The second-order valence-electron chi connectivity index (χ2n) is 5.39. The van der Waals surface area contributed by atoms with Crippen molar-refractivity contribution >= 4 is 0 Å². The average molecular weight is 364 g/mol. The molecule has 0 fully saturated rings. The lowest BCUT2D eigenvalue weighted by atomic mass is 10.0. The molecule has 2 N–H and O–H groups in total. The number of aliphatic hydroxyl groups excluding tert-OH is 2. The summed E-state index contributed by atoms with van der Waals surface area (Å²) < 4.78 is 26.8. The number of ether oxygens (including phenoxy) is 5. The number of methoxy groups -OCH3 is 4. The smallest absolute Gasteiger partial charge is 0.203 e. The van der Waals surface area contributed by atoms with Crippen LogP contribution in [0, 0.1) is 0 Å². The van der Waals surface area contributed by atoms with Crippen LogP contribution < -0.4 is 23.7 Å². The number of benzene rings is 2. The van der Waals surface area contributed by atoms with Gasteiger partial charge in [0.2, 0.25) is 5.75 Å². The fraction of sp³-hybridized carbons (Fsp3) is 0.368. The van der Waals surface area contributed by atoms with Gasteiger partial charge in [0.05, 0.1) is 35.0 Å². The summed E-state index contributed by atoms with van der Waals surface area (Å²) in [6.07, 6.45) is -2.06. The molecular weight excluding hydrogens is 340 g/mol. The second-order valence-corrected chi connectivity index (χ2v) is 5.39. The lowest BCUT2D eigenvalue weighted by Gasteiger charge is -2.25. The molecule has 0 bridgehead atoms. The van der Waals surface area contributed by atoms with Gasteiger partial charge in [0.1, 0.15) is 6.10 Å². The SMILES string of the molecule is COc1ccc([C@@H](O)[C@H](CO)Oc2c(OC)cccc2OC)cc1OC. The number of para-hydroxylation sites is 1. The molecule has 0 aliphatic carbocycles. The second kappa shape index (κ2) is 9.17. The van der Waals surface area contributed by atoms with E-state index in [4.69, 9.17) is 23.7 Å². The Labute approximate surface area is 152 Å². The lowest BCUT2D eigenvalue weighted by molar-refractivity contribution is -0.00174. The van der Waals surface area contributed by atoms with Crippen LogP contribution in [0.3, 0.4) is 0 Å². The zero-order valence-corrected chi connectivity index (χ0v) is 15.3. The maximum atomic E-state index is 10.7. The Hall–Kier alpha value is -2.64.